The normalized spacial score (nSPS) is 17.4. The van der Waals surface area contributed by atoms with Gasteiger partial charge in [0.1, 0.15) is 0 Å². The molecule has 0 spiro atoms. The van der Waals surface area contributed by atoms with Gasteiger partial charge in [-0.3, -0.25) is 0 Å². The average Bonchev–Trinajstić information content (AvgIpc) is 2.13. The molecular formula is C13H29NOS. The highest BCUT2D eigenvalue weighted by molar-refractivity contribution is 7.99. The Morgan fingerprint density at radius 3 is 2.19 bits per heavy atom. The van der Waals surface area contributed by atoms with Crippen molar-refractivity contribution in [3.63, 3.8) is 0 Å². The molecule has 0 bridgehead atoms. The van der Waals surface area contributed by atoms with Crippen LogP contribution in [0.15, 0.2) is 0 Å². The highest BCUT2D eigenvalue weighted by atomic mass is 32.2. The molecule has 0 aromatic carbocycles. The summed E-state index contributed by atoms with van der Waals surface area (Å²) in [6, 6.07) is 0.570. The van der Waals surface area contributed by atoms with Crippen molar-refractivity contribution >= 4 is 11.8 Å². The third-order valence-electron chi connectivity index (χ3n) is 2.38. The molecule has 0 amide bonds. The largest absolute Gasteiger partial charge is 0.393 e. The lowest BCUT2D eigenvalue weighted by molar-refractivity contribution is 0.163. The fraction of sp³-hybridized carbons (Fsp3) is 1.00. The maximum absolute atomic E-state index is 9.26. The molecule has 0 rings (SSSR count). The minimum absolute atomic E-state index is 0.178. The van der Waals surface area contributed by atoms with Crippen LogP contribution in [0.3, 0.4) is 0 Å². The van der Waals surface area contributed by atoms with Crippen molar-refractivity contribution in [1.82, 2.24) is 5.32 Å². The first kappa shape index (κ1) is 16.3. The van der Waals surface area contributed by atoms with Crippen LogP contribution in [0.2, 0.25) is 0 Å². The minimum Gasteiger partial charge on any atom is -0.393 e. The van der Waals surface area contributed by atoms with Crippen molar-refractivity contribution in [2.75, 3.05) is 18.1 Å². The van der Waals surface area contributed by atoms with E-state index in [1.54, 1.807) is 0 Å². The van der Waals surface area contributed by atoms with Gasteiger partial charge in [0.25, 0.3) is 0 Å². The second kappa shape index (κ2) is 9.32. The quantitative estimate of drug-likeness (QED) is 0.657. The zero-order chi connectivity index (χ0) is 12.6. The number of rotatable bonds is 9. The highest BCUT2D eigenvalue weighted by Gasteiger charge is 2.08. The summed E-state index contributed by atoms with van der Waals surface area (Å²) in [5.74, 6) is 3.76. The third-order valence-corrected chi connectivity index (χ3v) is 4.02. The van der Waals surface area contributed by atoms with Crippen molar-refractivity contribution in [2.24, 2.45) is 11.8 Å². The van der Waals surface area contributed by atoms with Crippen LogP contribution in [0.4, 0.5) is 0 Å². The summed E-state index contributed by atoms with van der Waals surface area (Å²) < 4.78 is 0. The Bertz CT molecular complexity index is 162. The van der Waals surface area contributed by atoms with Crippen LogP contribution in [0.1, 0.15) is 41.0 Å². The lowest BCUT2D eigenvalue weighted by atomic mass is 10.0. The first-order chi connectivity index (χ1) is 7.41. The Balaban J connectivity index is 3.45. The molecule has 0 aliphatic carbocycles. The molecular weight excluding hydrogens is 218 g/mol. The first-order valence-electron chi connectivity index (χ1n) is 6.41. The Labute approximate surface area is 106 Å². The topological polar surface area (TPSA) is 32.3 Å². The van der Waals surface area contributed by atoms with E-state index in [0.29, 0.717) is 12.0 Å². The van der Waals surface area contributed by atoms with Crippen molar-refractivity contribution in [3.05, 3.63) is 0 Å². The van der Waals surface area contributed by atoms with Crippen molar-refractivity contribution in [1.29, 1.82) is 0 Å². The maximum atomic E-state index is 9.26. The summed E-state index contributed by atoms with van der Waals surface area (Å²) in [6.45, 7) is 11.8. The number of aliphatic hydroxyl groups excluding tert-OH is 1. The standard InChI is InChI=1S/C13H29NOS/c1-10(2)8-16-9-12(4)14-7-11(3)6-13(5)15/h10-15H,6-9H2,1-5H3. The van der Waals surface area contributed by atoms with Gasteiger partial charge >= 0.3 is 0 Å². The van der Waals surface area contributed by atoms with Gasteiger partial charge in [-0.1, -0.05) is 20.8 Å². The van der Waals surface area contributed by atoms with E-state index in [-0.39, 0.29) is 6.10 Å². The fourth-order valence-corrected chi connectivity index (χ4v) is 2.69. The fourth-order valence-electron chi connectivity index (χ4n) is 1.61. The van der Waals surface area contributed by atoms with Gasteiger partial charge in [0.15, 0.2) is 0 Å². The van der Waals surface area contributed by atoms with E-state index in [0.717, 1.165) is 18.9 Å². The van der Waals surface area contributed by atoms with Crippen molar-refractivity contribution in [3.8, 4) is 0 Å². The van der Waals surface area contributed by atoms with Gasteiger partial charge in [-0.25, -0.2) is 0 Å². The van der Waals surface area contributed by atoms with Gasteiger partial charge in [0, 0.05) is 11.8 Å². The van der Waals surface area contributed by atoms with E-state index >= 15 is 0 Å². The molecule has 0 aromatic rings. The van der Waals surface area contributed by atoms with Crippen LogP contribution >= 0.6 is 11.8 Å². The molecule has 0 saturated heterocycles. The summed E-state index contributed by atoms with van der Waals surface area (Å²) in [5.41, 5.74) is 0. The predicted octanol–water partition coefficient (Wildman–Crippen LogP) is 2.76. The smallest absolute Gasteiger partial charge is 0.0515 e. The highest BCUT2D eigenvalue weighted by Crippen LogP contribution is 2.09. The summed E-state index contributed by atoms with van der Waals surface area (Å²) in [4.78, 5) is 0. The van der Waals surface area contributed by atoms with E-state index in [2.05, 4.69) is 33.0 Å². The summed E-state index contributed by atoms with van der Waals surface area (Å²) in [7, 11) is 0. The third kappa shape index (κ3) is 10.8. The minimum atomic E-state index is -0.178. The van der Waals surface area contributed by atoms with E-state index in [9.17, 15) is 5.11 Å². The Morgan fingerprint density at radius 1 is 1.06 bits per heavy atom. The van der Waals surface area contributed by atoms with E-state index in [4.69, 9.17) is 0 Å². The second-order valence-electron chi connectivity index (χ2n) is 5.43. The number of thioether (sulfide) groups is 1. The zero-order valence-electron chi connectivity index (χ0n) is 11.5. The van der Waals surface area contributed by atoms with Crippen molar-refractivity contribution in [2.45, 2.75) is 53.2 Å². The van der Waals surface area contributed by atoms with Crippen molar-refractivity contribution < 1.29 is 5.11 Å². The Kier molecular flexibility index (Phi) is 9.47. The molecule has 0 fully saturated rings. The molecule has 98 valence electrons. The molecule has 0 heterocycles. The van der Waals surface area contributed by atoms with Crippen LogP contribution in [-0.4, -0.2) is 35.3 Å². The lowest BCUT2D eigenvalue weighted by Crippen LogP contribution is -2.33. The SMILES string of the molecule is CC(C)CSCC(C)NCC(C)CC(C)O. The molecule has 0 aliphatic rings. The van der Waals surface area contributed by atoms with E-state index < -0.39 is 0 Å². The molecule has 3 atom stereocenters. The molecule has 0 aliphatic heterocycles. The zero-order valence-corrected chi connectivity index (χ0v) is 12.3. The number of nitrogens with one attached hydrogen (secondary N) is 1. The Morgan fingerprint density at radius 2 is 1.69 bits per heavy atom. The summed E-state index contributed by atoms with van der Waals surface area (Å²) in [6.07, 6.45) is 0.709. The molecule has 3 unspecified atom stereocenters. The van der Waals surface area contributed by atoms with Gasteiger partial charge in [-0.15, -0.1) is 0 Å². The lowest BCUT2D eigenvalue weighted by Gasteiger charge is -2.18. The molecule has 16 heavy (non-hydrogen) atoms. The molecule has 3 heteroatoms. The monoisotopic (exact) mass is 247 g/mol. The molecule has 2 nitrogen and oxygen atoms in total. The molecule has 0 radical (unpaired) electrons. The molecule has 0 saturated carbocycles. The predicted molar refractivity (Wildman–Crippen MR) is 75.1 cm³/mol. The Hall–Kier alpha value is 0.270. The van der Waals surface area contributed by atoms with Gasteiger partial charge in [0.05, 0.1) is 6.10 Å². The first-order valence-corrected chi connectivity index (χ1v) is 7.56. The number of hydrogen-bond donors (Lipinski definition) is 2. The summed E-state index contributed by atoms with van der Waals surface area (Å²) in [5, 5.41) is 12.8. The van der Waals surface area contributed by atoms with Crippen LogP contribution < -0.4 is 5.32 Å². The van der Waals surface area contributed by atoms with Crippen LogP contribution in [0.5, 0.6) is 0 Å². The van der Waals surface area contributed by atoms with E-state index in [1.807, 2.05) is 18.7 Å². The molecule has 2 N–H and O–H groups in total. The average molecular weight is 247 g/mol. The van der Waals surface area contributed by atoms with Gasteiger partial charge in [-0.05, 0) is 44.4 Å². The van der Waals surface area contributed by atoms with Gasteiger partial charge in [0.2, 0.25) is 0 Å². The number of hydrogen-bond acceptors (Lipinski definition) is 3. The van der Waals surface area contributed by atoms with Gasteiger partial charge in [-0.2, -0.15) is 11.8 Å². The number of aliphatic hydroxyl groups is 1. The van der Waals surface area contributed by atoms with Crippen LogP contribution in [0, 0.1) is 11.8 Å². The molecule has 0 aromatic heterocycles. The van der Waals surface area contributed by atoms with Crippen LogP contribution in [-0.2, 0) is 0 Å². The van der Waals surface area contributed by atoms with Gasteiger partial charge < -0.3 is 10.4 Å². The second-order valence-corrected chi connectivity index (χ2v) is 6.51. The maximum Gasteiger partial charge on any atom is 0.0515 e. The van der Waals surface area contributed by atoms with E-state index in [1.165, 1.54) is 11.5 Å². The van der Waals surface area contributed by atoms with Crippen LogP contribution in [0.25, 0.3) is 0 Å². The summed E-state index contributed by atoms with van der Waals surface area (Å²) >= 11 is 2.02.